The predicted octanol–water partition coefficient (Wildman–Crippen LogP) is 1.67. The van der Waals surface area contributed by atoms with Crippen molar-refractivity contribution in [3.05, 3.63) is 28.2 Å². The number of halogens is 1. The van der Waals surface area contributed by atoms with E-state index < -0.39 is 5.97 Å². The van der Waals surface area contributed by atoms with E-state index >= 15 is 0 Å². The lowest BCUT2D eigenvalue weighted by molar-refractivity contribution is -0.138. The fraction of sp³-hybridized carbons (Fsp3) is 0.562. The molecule has 0 radical (unpaired) electrons. The standard InChI is InChI=1S/C16H23BrN2O4/c1-18(11-16(20)21)9-14-10-19(5-6-23-14)8-12-3-4-13(17)7-15(12)22-2/h3-4,7,14H,5-6,8-11H2,1-2H3,(H,20,21). The highest BCUT2D eigenvalue weighted by atomic mass is 79.9. The Hall–Kier alpha value is -1.15. The van der Waals surface area contributed by atoms with Gasteiger partial charge in [0.15, 0.2) is 0 Å². The minimum absolute atomic E-state index is 0.0227. The van der Waals surface area contributed by atoms with Crippen molar-refractivity contribution in [2.75, 3.05) is 46.9 Å². The average molecular weight is 387 g/mol. The average Bonchev–Trinajstić information content (AvgIpc) is 2.48. The van der Waals surface area contributed by atoms with Gasteiger partial charge in [0.1, 0.15) is 5.75 Å². The fourth-order valence-electron chi connectivity index (χ4n) is 2.77. The molecule has 0 amide bonds. The molecule has 1 atom stereocenters. The molecule has 2 rings (SSSR count). The Balaban J connectivity index is 1.92. The molecule has 1 aromatic carbocycles. The van der Waals surface area contributed by atoms with Crippen LogP contribution in [0.3, 0.4) is 0 Å². The largest absolute Gasteiger partial charge is 0.496 e. The molecule has 1 aliphatic heterocycles. The van der Waals surface area contributed by atoms with Crippen molar-refractivity contribution in [3.8, 4) is 5.75 Å². The van der Waals surface area contributed by atoms with Crippen LogP contribution in [-0.4, -0.2) is 73.9 Å². The van der Waals surface area contributed by atoms with E-state index in [0.717, 1.165) is 35.4 Å². The van der Waals surface area contributed by atoms with E-state index in [4.69, 9.17) is 14.6 Å². The molecule has 0 bridgehead atoms. The number of ether oxygens (including phenoxy) is 2. The van der Waals surface area contributed by atoms with Gasteiger partial charge in [0.25, 0.3) is 0 Å². The monoisotopic (exact) mass is 386 g/mol. The molecule has 1 saturated heterocycles. The first-order chi connectivity index (χ1) is 11.0. The van der Waals surface area contributed by atoms with E-state index in [9.17, 15) is 4.79 Å². The van der Waals surface area contributed by atoms with E-state index in [2.05, 4.69) is 26.9 Å². The van der Waals surface area contributed by atoms with Crippen molar-refractivity contribution < 1.29 is 19.4 Å². The number of carboxylic acid groups (broad SMARTS) is 1. The third-order valence-electron chi connectivity index (χ3n) is 3.79. The van der Waals surface area contributed by atoms with Crippen molar-refractivity contribution in [1.82, 2.24) is 9.80 Å². The number of likely N-dealkylation sites (N-methyl/N-ethyl adjacent to an activating group) is 1. The van der Waals surface area contributed by atoms with Gasteiger partial charge in [-0.3, -0.25) is 14.6 Å². The highest BCUT2D eigenvalue weighted by Crippen LogP contribution is 2.25. The molecule has 6 nitrogen and oxygen atoms in total. The van der Waals surface area contributed by atoms with Crippen molar-refractivity contribution in [1.29, 1.82) is 0 Å². The topological polar surface area (TPSA) is 62.2 Å². The maximum absolute atomic E-state index is 10.7. The van der Waals surface area contributed by atoms with Crippen LogP contribution in [0.1, 0.15) is 5.56 Å². The second-order valence-corrected chi connectivity index (χ2v) is 6.69. The lowest BCUT2D eigenvalue weighted by atomic mass is 10.1. The zero-order valence-electron chi connectivity index (χ0n) is 13.5. The van der Waals surface area contributed by atoms with Gasteiger partial charge in [0.05, 0.1) is 26.4 Å². The van der Waals surface area contributed by atoms with Crippen LogP contribution < -0.4 is 4.74 Å². The molecule has 7 heteroatoms. The van der Waals surface area contributed by atoms with Crippen LogP contribution in [0.2, 0.25) is 0 Å². The first-order valence-electron chi connectivity index (χ1n) is 7.54. The van der Waals surface area contributed by atoms with Crippen LogP contribution in [0.25, 0.3) is 0 Å². The number of hydrogen-bond acceptors (Lipinski definition) is 5. The van der Waals surface area contributed by atoms with Crippen LogP contribution in [0.5, 0.6) is 5.75 Å². The number of benzene rings is 1. The van der Waals surface area contributed by atoms with Gasteiger partial charge in [-0.1, -0.05) is 22.0 Å². The van der Waals surface area contributed by atoms with E-state index in [1.807, 2.05) is 12.1 Å². The summed E-state index contributed by atoms with van der Waals surface area (Å²) in [5.74, 6) is 0.0465. The molecule has 0 aliphatic carbocycles. The van der Waals surface area contributed by atoms with Crippen molar-refractivity contribution >= 4 is 21.9 Å². The summed E-state index contributed by atoms with van der Waals surface area (Å²) in [6.07, 6.45) is 0.0227. The van der Waals surface area contributed by atoms with E-state index in [0.29, 0.717) is 13.2 Å². The lowest BCUT2D eigenvalue weighted by Crippen LogP contribution is -2.47. The predicted molar refractivity (Wildman–Crippen MR) is 90.8 cm³/mol. The molecule has 1 heterocycles. The van der Waals surface area contributed by atoms with Gasteiger partial charge in [-0.15, -0.1) is 0 Å². The maximum Gasteiger partial charge on any atom is 0.317 e. The smallest absolute Gasteiger partial charge is 0.317 e. The van der Waals surface area contributed by atoms with Gasteiger partial charge in [0.2, 0.25) is 0 Å². The van der Waals surface area contributed by atoms with Gasteiger partial charge in [-0.05, 0) is 19.2 Å². The zero-order valence-corrected chi connectivity index (χ0v) is 15.1. The Morgan fingerprint density at radius 1 is 1.57 bits per heavy atom. The summed E-state index contributed by atoms with van der Waals surface area (Å²) in [5, 5.41) is 8.83. The quantitative estimate of drug-likeness (QED) is 0.768. The lowest BCUT2D eigenvalue weighted by Gasteiger charge is -2.34. The van der Waals surface area contributed by atoms with E-state index in [1.165, 1.54) is 0 Å². The molecule has 128 valence electrons. The molecule has 0 aromatic heterocycles. The minimum atomic E-state index is -0.820. The van der Waals surface area contributed by atoms with E-state index in [1.54, 1.807) is 19.1 Å². The summed E-state index contributed by atoms with van der Waals surface area (Å²) < 4.78 is 12.2. The normalized spacial score (nSPS) is 19.0. The van der Waals surface area contributed by atoms with Crippen molar-refractivity contribution in [3.63, 3.8) is 0 Å². The number of nitrogens with zero attached hydrogens (tertiary/aromatic N) is 2. The second kappa shape index (κ2) is 8.63. The Labute approximate surface area is 145 Å². The zero-order chi connectivity index (χ0) is 16.8. The van der Waals surface area contributed by atoms with Gasteiger partial charge < -0.3 is 14.6 Å². The Morgan fingerprint density at radius 3 is 3.04 bits per heavy atom. The fourth-order valence-corrected chi connectivity index (χ4v) is 3.11. The summed E-state index contributed by atoms with van der Waals surface area (Å²) in [6.45, 7) is 3.73. The highest BCUT2D eigenvalue weighted by Gasteiger charge is 2.23. The Bertz CT molecular complexity index is 541. The van der Waals surface area contributed by atoms with Crippen LogP contribution in [0.15, 0.2) is 22.7 Å². The molecule has 1 unspecified atom stereocenters. The number of rotatable bonds is 7. The van der Waals surface area contributed by atoms with Crippen LogP contribution in [0, 0.1) is 0 Å². The summed E-state index contributed by atoms with van der Waals surface area (Å²) >= 11 is 3.45. The summed E-state index contributed by atoms with van der Waals surface area (Å²) in [7, 11) is 3.47. The Kier molecular flexibility index (Phi) is 6.83. The van der Waals surface area contributed by atoms with Crippen LogP contribution in [0.4, 0.5) is 0 Å². The highest BCUT2D eigenvalue weighted by molar-refractivity contribution is 9.10. The van der Waals surface area contributed by atoms with Gasteiger partial charge in [-0.2, -0.15) is 0 Å². The molecule has 1 N–H and O–H groups in total. The minimum Gasteiger partial charge on any atom is -0.496 e. The number of aliphatic carboxylic acids is 1. The van der Waals surface area contributed by atoms with Crippen LogP contribution in [-0.2, 0) is 16.1 Å². The number of methoxy groups -OCH3 is 1. The molecule has 1 aromatic rings. The van der Waals surface area contributed by atoms with Crippen molar-refractivity contribution in [2.45, 2.75) is 12.6 Å². The number of morpholine rings is 1. The second-order valence-electron chi connectivity index (χ2n) is 5.77. The summed E-state index contributed by atoms with van der Waals surface area (Å²) in [5.41, 5.74) is 1.13. The third kappa shape index (κ3) is 5.76. The molecule has 0 spiro atoms. The molecule has 1 aliphatic rings. The third-order valence-corrected chi connectivity index (χ3v) is 4.28. The first-order valence-corrected chi connectivity index (χ1v) is 8.34. The SMILES string of the molecule is COc1cc(Br)ccc1CN1CCOC(CN(C)CC(=O)O)C1. The van der Waals surface area contributed by atoms with Gasteiger partial charge in [0, 0.05) is 36.2 Å². The van der Waals surface area contributed by atoms with Gasteiger partial charge >= 0.3 is 5.97 Å². The molecular weight excluding hydrogens is 364 g/mol. The molecular formula is C16H23BrN2O4. The molecule has 1 fully saturated rings. The number of carboxylic acids is 1. The summed E-state index contributed by atoms with van der Waals surface area (Å²) in [6, 6.07) is 6.04. The number of hydrogen-bond donors (Lipinski definition) is 1. The summed E-state index contributed by atoms with van der Waals surface area (Å²) in [4.78, 5) is 14.8. The van der Waals surface area contributed by atoms with Crippen LogP contribution >= 0.6 is 15.9 Å². The van der Waals surface area contributed by atoms with Crippen molar-refractivity contribution in [2.24, 2.45) is 0 Å². The first kappa shape index (κ1) is 18.2. The Morgan fingerprint density at radius 2 is 2.35 bits per heavy atom. The molecule has 23 heavy (non-hydrogen) atoms. The molecule has 0 saturated carbocycles. The number of carbonyl (C=O) groups is 1. The van der Waals surface area contributed by atoms with Gasteiger partial charge in [-0.25, -0.2) is 0 Å². The van der Waals surface area contributed by atoms with E-state index in [-0.39, 0.29) is 12.6 Å². The maximum atomic E-state index is 10.7.